The van der Waals surface area contributed by atoms with Crippen molar-refractivity contribution in [3.05, 3.63) is 21.4 Å². The number of ether oxygens (including phenoxy) is 1. The van der Waals surface area contributed by atoms with E-state index in [1.165, 1.54) is 16.2 Å². The molecule has 0 aliphatic carbocycles. The van der Waals surface area contributed by atoms with Crippen LogP contribution in [0.25, 0.3) is 0 Å². The van der Waals surface area contributed by atoms with Crippen LogP contribution in [0, 0.1) is 18.8 Å². The topological polar surface area (TPSA) is 72.6 Å². The number of hydrogen-bond acceptors (Lipinski definition) is 5. The molecular weight excluding hydrogens is 288 g/mol. The van der Waals surface area contributed by atoms with Crippen LogP contribution in [0.2, 0.25) is 0 Å². The molecule has 1 heterocycles. The maximum atomic E-state index is 12.3. The SMILES string of the molecule is CCOC(=O)CCN(C)C(=O)c1cc(C)c(C#CCN)s1. The fourth-order valence-corrected chi connectivity index (χ4v) is 2.67. The fraction of sp³-hybridized carbons (Fsp3) is 0.467. The minimum absolute atomic E-state index is 0.117. The predicted octanol–water partition coefficient (Wildman–Crippen LogP) is 1.39. The quantitative estimate of drug-likeness (QED) is 0.659. The second-order valence-corrected chi connectivity index (χ2v) is 5.46. The second-order valence-electron chi connectivity index (χ2n) is 4.41. The molecule has 0 radical (unpaired) electrons. The van der Waals surface area contributed by atoms with Crippen LogP contribution < -0.4 is 5.73 Å². The molecule has 1 amide bonds. The number of aryl methyl sites for hydroxylation is 1. The van der Waals surface area contributed by atoms with Gasteiger partial charge in [-0.1, -0.05) is 11.8 Å². The van der Waals surface area contributed by atoms with Crippen LogP contribution in [0.3, 0.4) is 0 Å². The summed E-state index contributed by atoms with van der Waals surface area (Å²) < 4.78 is 4.84. The van der Waals surface area contributed by atoms with Crippen molar-refractivity contribution >= 4 is 23.2 Å². The molecule has 0 saturated heterocycles. The van der Waals surface area contributed by atoms with E-state index in [2.05, 4.69) is 11.8 Å². The Hall–Kier alpha value is -1.84. The maximum Gasteiger partial charge on any atom is 0.307 e. The van der Waals surface area contributed by atoms with Crippen molar-refractivity contribution in [2.24, 2.45) is 5.73 Å². The summed E-state index contributed by atoms with van der Waals surface area (Å²) >= 11 is 1.34. The molecule has 0 fully saturated rings. The molecule has 5 nitrogen and oxygen atoms in total. The van der Waals surface area contributed by atoms with Gasteiger partial charge in [0.1, 0.15) is 0 Å². The van der Waals surface area contributed by atoms with Gasteiger partial charge in [-0.15, -0.1) is 11.3 Å². The fourth-order valence-electron chi connectivity index (χ4n) is 1.62. The highest BCUT2D eigenvalue weighted by Crippen LogP contribution is 2.22. The van der Waals surface area contributed by atoms with Gasteiger partial charge in [0.05, 0.1) is 29.3 Å². The molecule has 0 saturated carbocycles. The molecule has 0 unspecified atom stereocenters. The molecule has 2 N–H and O–H groups in total. The summed E-state index contributed by atoms with van der Waals surface area (Å²) in [6, 6.07) is 1.81. The van der Waals surface area contributed by atoms with E-state index in [4.69, 9.17) is 10.5 Å². The van der Waals surface area contributed by atoms with Crippen molar-refractivity contribution in [1.82, 2.24) is 4.90 Å². The van der Waals surface area contributed by atoms with Crippen molar-refractivity contribution in [3.63, 3.8) is 0 Å². The summed E-state index contributed by atoms with van der Waals surface area (Å²) in [5.74, 6) is 5.32. The summed E-state index contributed by atoms with van der Waals surface area (Å²) in [5, 5.41) is 0. The second kappa shape index (κ2) is 8.45. The summed E-state index contributed by atoms with van der Waals surface area (Å²) in [4.78, 5) is 26.5. The van der Waals surface area contributed by atoms with Crippen LogP contribution in [0.1, 0.15) is 33.5 Å². The first-order valence-corrected chi connectivity index (χ1v) is 7.51. The number of nitrogens with two attached hydrogens (primary N) is 1. The maximum absolute atomic E-state index is 12.3. The number of amides is 1. The van der Waals surface area contributed by atoms with Gasteiger partial charge in [-0.05, 0) is 25.5 Å². The van der Waals surface area contributed by atoms with E-state index in [1.54, 1.807) is 14.0 Å². The van der Waals surface area contributed by atoms with Gasteiger partial charge in [0.15, 0.2) is 0 Å². The lowest BCUT2D eigenvalue weighted by Crippen LogP contribution is -2.28. The summed E-state index contributed by atoms with van der Waals surface area (Å²) in [5.41, 5.74) is 6.31. The highest BCUT2D eigenvalue weighted by molar-refractivity contribution is 7.14. The number of hydrogen-bond donors (Lipinski definition) is 1. The number of thiophene rings is 1. The molecule has 114 valence electrons. The van der Waals surface area contributed by atoms with E-state index in [-0.39, 0.29) is 18.3 Å². The molecule has 1 aromatic rings. The Morgan fingerprint density at radius 1 is 1.48 bits per heavy atom. The van der Waals surface area contributed by atoms with Crippen LogP contribution in [-0.2, 0) is 9.53 Å². The van der Waals surface area contributed by atoms with Crippen LogP contribution in [-0.4, -0.2) is 43.5 Å². The van der Waals surface area contributed by atoms with Gasteiger partial charge in [-0.25, -0.2) is 0 Å². The van der Waals surface area contributed by atoms with E-state index in [0.29, 0.717) is 24.6 Å². The lowest BCUT2D eigenvalue weighted by atomic mass is 10.2. The number of nitrogens with zero attached hydrogens (tertiary/aromatic N) is 1. The average Bonchev–Trinajstić information content (AvgIpc) is 2.83. The van der Waals surface area contributed by atoms with Crippen LogP contribution in [0.5, 0.6) is 0 Å². The zero-order valence-electron chi connectivity index (χ0n) is 12.6. The van der Waals surface area contributed by atoms with Gasteiger partial charge < -0.3 is 15.4 Å². The Balaban J connectivity index is 2.68. The van der Waals surface area contributed by atoms with Crippen molar-refractivity contribution in [2.75, 3.05) is 26.7 Å². The van der Waals surface area contributed by atoms with E-state index in [9.17, 15) is 9.59 Å². The minimum Gasteiger partial charge on any atom is -0.466 e. The first-order valence-electron chi connectivity index (χ1n) is 6.70. The molecule has 0 aliphatic heterocycles. The Morgan fingerprint density at radius 2 is 2.19 bits per heavy atom. The zero-order valence-corrected chi connectivity index (χ0v) is 13.4. The number of carbonyl (C=O) groups excluding carboxylic acids is 2. The van der Waals surface area contributed by atoms with E-state index in [0.717, 1.165) is 10.4 Å². The Kier molecular flexibility index (Phi) is 6.92. The number of rotatable bonds is 5. The van der Waals surface area contributed by atoms with Gasteiger partial charge in [-0.2, -0.15) is 0 Å². The third kappa shape index (κ3) is 5.21. The zero-order chi connectivity index (χ0) is 15.8. The number of esters is 1. The molecule has 0 aliphatic rings. The molecule has 1 rings (SSSR count). The van der Waals surface area contributed by atoms with Crippen molar-refractivity contribution < 1.29 is 14.3 Å². The third-order valence-corrected chi connectivity index (χ3v) is 3.88. The van der Waals surface area contributed by atoms with E-state index < -0.39 is 0 Å². The Labute approximate surface area is 129 Å². The molecule has 0 spiro atoms. The molecule has 0 bridgehead atoms. The summed E-state index contributed by atoms with van der Waals surface area (Å²) in [7, 11) is 1.67. The van der Waals surface area contributed by atoms with Crippen LogP contribution >= 0.6 is 11.3 Å². The standard InChI is InChI=1S/C15H20N2O3S/c1-4-20-14(18)7-9-17(3)15(19)13-10-11(2)12(21-13)6-5-8-16/h10H,4,7-9,16H2,1-3H3. The Bertz CT molecular complexity index is 569. The lowest BCUT2D eigenvalue weighted by Gasteiger charge is -2.15. The highest BCUT2D eigenvalue weighted by Gasteiger charge is 2.16. The predicted molar refractivity (Wildman–Crippen MR) is 83.2 cm³/mol. The van der Waals surface area contributed by atoms with Crippen LogP contribution in [0.15, 0.2) is 6.07 Å². The monoisotopic (exact) mass is 308 g/mol. The minimum atomic E-state index is -0.297. The third-order valence-electron chi connectivity index (χ3n) is 2.74. The molecule has 0 aromatic carbocycles. The van der Waals surface area contributed by atoms with Crippen molar-refractivity contribution in [1.29, 1.82) is 0 Å². The first-order chi connectivity index (χ1) is 9.99. The molecule has 6 heteroatoms. The van der Waals surface area contributed by atoms with Gasteiger partial charge in [0, 0.05) is 13.6 Å². The van der Waals surface area contributed by atoms with E-state index in [1.807, 2.05) is 13.0 Å². The van der Waals surface area contributed by atoms with Gasteiger partial charge >= 0.3 is 5.97 Å². The first kappa shape index (κ1) is 17.2. The van der Waals surface area contributed by atoms with Crippen molar-refractivity contribution in [2.45, 2.75) is 20.3 Å². The molecule has 1 aromatic heterocycles. The van der Waals surface area contributed by atoms with Gasteiger partial charge in [0.2, 0.25) is 0 Å². The summed E-state index contributed by atoms with van der Waals surface area (Å²) in [6.45, 7) is 4.64. The summed E-state index contributed by atoms with van der Waals surface area (Å²) in [6.07, 6.45) is 0.195. The Morgan fingerprint density at radius 3 is 2.81 bits per heavy atom. The van der Waals surface area contributed by atoms with Gasteiger partial charge in [0.25, 0.3) is 5.91 Å². The smallest absolute Gasteiger partial charge is 0.307 e. The van der Waals surface area contributed by atoms with E-state index >= 15 is 0 Å². The lowest BCUT2D eigenvalue weighted by molar-refractivity contribution is -0.143. The molecule has 21 heavy (non-hydrogen) atoms. The highest BCUT2D eigenvalue weighted by atomic mass is 32.1. The molecular formula is C15H20N2O3S. The van der Waals surface area contributed by atoms with Crippen molar-refractivity contribution in [3.8, 4) is 11.8 Å². The molecule has 0 atom stereocenters. The average molecular weight is 308 g/mol. The van der Waals surface area contributed by atoms with Crippen LogP contribution in [0.4, 0.5) is 0 Å². The normalized spacial score (nSPS) is 9.71. The van der Waals surface area contributed by atoms with Gasteiger partial charge in [-0.3, -0.25) is 9.59 Å². The number of carbonyl (C=O) groups is 2. The largest absolute Gasteiger partial charge is 0.466 e.